The molecule has 6 rings (SSSR count). The van der Waals surface area contributed by atoms with Crippen LogP contribution in [0.5, 0.6) is 0 Å². The van der Waals surface area contributed by atoms with E-state index in [9.17, 15) is 0 Å². The van der Waals surface area contributed by atoms with Crippen molar-refractivity contribution in [3.05, 3.63) is 114 Å². The molecule has 0 saturated carbocycles. The third-order valence-electron chi connectivity index (χ3n) is 7.65. The molecule has 0 radical (unpaired) electrons. The van der Waals surface area contributed by atoms with Crippen LogP contribution in [0, 0.1) is 0 Å². The molecule has 5 aromatic rings. The lowest BCUT2D eigenvalue weighted by atomic mass is 9.83. The predicted octanol–water partition coefficient (Wildman–Crippen LogP) is 9.19. The molecule has 1 heterocycles. The molecule has 3 heteroatoms. The van der Waals surface area contributed by atoms with Crippen molar-refractivity contribution in [2.75, 3.05) is 0 Å². The minimum Gasteiger partial charge on any atom is -0.217 e. The topological polar surface area (TPSA) is 38.7 Å². The van der Waals surface area contributed by atoms with E-state index in [-0.39, 0.29) is 5.41 Å². The van der Waals surface area contributed by atoms with Crippen LogP contribution in [0.3, 0.4) is 0 Å². The fourth-order valence-electron chi connectivity index (χ4n) is 5.99. The maximum Gasteiger partial charge on any atom is 0.164 e. The summed E-state index contributed by atoms with van der Waals surface area (Å²) in [4.78, 5) is 14.1. The van der Waals surface area contributed by atoms with Gasteiger partial charge in [-0.15, -0.1) is 0 Å². The van der Waals surface area contributed by atoms with Gasteiger partial charge in [0.05, 0.1) is 0 Å². The molecular formula is C35H31N3. The molecule has 1 aliphatic rings. The van der Waals surface area contributed by atoms with Crippen LogP contribution in [0.2, 0.25) is 0 Å². The normalized spacial score (nSPS) is 14.9. The van der Waals surface area contributed by atoms with Crippen molar-refractivity contribution >= 4 is 32.7 Å². The maximum absolute atomic E-state index is 4.96. The largest absolute Gasteiger partial charge is 0.217 e. The number of benzene rings is 4. The van der Waals surface area contributed by atoms with Gasteiger partial charge in [-0.05, 0) is 76.2 Å². The molecule has 1 aliphatic carbocycles. The molecule has 38 heavy (non-hydrogen) atoms. The molecule has 0 N–H and O–H groups in total. The van der Waals surface area contributed by atoms with Gasteiger partial charge < -0.3 is 0 Å². The molecule has 3 nitrogen and oxygen atoms in total. The second-order valence-electron chi connectivity index (χ2n) is 10.5. The smallest absolute Gasteiger partial charge is 0.164 e. The zero-order valence-electron chi connectivity index (χ0n) is 22.6. The first-order valence-corrected chi connectivity index (χ1v) is 13.2. The third-order valence-corrected chi connectivity index (χ3v) is 7.65. The molecule has 0 aliphatic heterocycles. The average molecular weight is 494 g/mol. The first-order chi connectivity index (χ1) is 18.4. The maximum atomic E-state index is 4.96. The Labute approximate surface area is 224 Å². The Kier molecular flexibility index (Phi) is 5.80. The Balaban J connectivity index is 1.67. The zero-order chi connectivity index (χ0) is 26.4. The van der Waals surface area contributed by atoms with Crippen LogP contribution in [0.25, 0.3) is 55.2 Å². The molecule has 0 bridgehead atoms. The second-order valence-corrected chi connectivity index (χ2v) is 10.5. The molecule has 0 spiro atoms. The van der Waals surface area contributed by atoms with Crippen molar-refractivity contribution < 1.29 is 0 Å². The SMILES string of the molecule is CC=CC(=CC)c1ncnc(-c2c3ccccc3c(-c3ccc4c(c3)C(C)(C)C=C4C)c3ccccc23)n1. The fourth-order valence-corrected chi connectivity index (χ4v) is 5.99. The zero-order valence-corrected chi connectivity index (χ0v) is 22.6. The molecule has 1 aromatic heterocycles. The minimum absolute atomic E-state index is 0.0136. The summed E-state index contributed by atoms with van der Waals surface area (Å²) < 4.78 is 0. The van der Waals surface area contributed by atoms with E-state index in [0.29, 0.717) is 11.6 Å². The average Bonchev–Trinajstić information content (AvgIpc) is 3.17. The molecule has 0 amide bonds. The van der Waals surface area contributed by atoms with Crippen LogP contribution in [-0.2, 0) is 5.41 Å². The van der Waals surface area contributed by atoms with Gasteiger partial charge in [0.25, 0.3) is 0 Å². The number of rotatable bonds is 4. The van der Waals surface area contributed by atoms with E-state index in [2.05, 4.69) is 104 Å². The number of aromatic nitrogens is 3. The highest BCUT2D eigenvalue weighted by molar-refractivity contribution is 6.20. The predicted molar refractivity (Wildman–Crippen MR) is 161 cm³/mol. The Bertz CT molecular complexity index is 1760. The third kappa shape index (κ3) is 3.78. The summed E-state index contributed by atoms with van der Waals surface area (Å²) in [6.07, 6.45) is 10.1. The van der Waals surface area contributed by atoms with E-state index < -0.39 is 0 Å². The van der Waals surface area contributed by atoms with Crippen LogP contribution >= 0.6 is 0 Å². The van der Waals surface area contributed by atoms with Crippen LogP contribution < -0.4 is 0 Å². The molecule has 0 atom stereocenters. The highest BCUT2D eigenvalue weighted by Gasteiger charge is 2.29. The van der Waals surface area contributed by atoms with Crippen LogP contribution in [0.1, 0.15) is 51.6 Å². The van der Waals surface area contributed by atoms with E-state index >= 15 is 0 Å². The lowest BCUT2D eigenvalue weighted by Crippen LogP contribution is -2.10. The Hall–Kier alpha value is -4.37. The van der Waals surface area contributed by atoms with Gasteiger partial charge in [-0.2, -0.15) is 0 Å². The van der Waals surface area contributed by atoms with E-state index in [1.54, 1.807) is 6.33 Å². The van der Waals surface area contributed by atoms with Gasteiger partial charge in [0.15, 0.2) is 11.6 Å². The van der Waals surface area contributed by atoms with E-state index in [0.717, 1.165) is 21.9 Å². The monoisotopic (exact) mass is 493 g/mol. The molecule has 4 aromatic carbocycles. The fraction of sp³-hybridized carbons (Fsp3) is 0.171. The van der Waals surface area contributed by atoms with Crippen LogP contribution in [0.15, 0.2) is 97.4 Å². The molecule has 0 saturated heterocycles. The van der Waals surface area contributed by atoms with Gasteiger partial charge in [0.1, 0.15) is 6.33 Å². The van der Waals surface area contributed by atoms with Crippen molar-refractivity contribution in [3.63, 3.8) is 0 Å². The lowest BCUT2D eigenvalue weighted by Gasteiger charge is -2.21. The van der Waals surface area contributed by atoms with E-state index in [1.165, 1.54) is 38.6 Å². The van der Waals surface area contributed by atoms with Gasteiger partial charge in [0.2, 0.25) is 0 Å². The van der Waals surface area contributed by atoms with E-state index in [4.69, 9.17) is 4.98 Å². The molecule has 0 unspecified atom stereocenters. The number of fused-ring (bicyclic) bond motifs is 3. The van der Waals surface area contributed by atoms with Gasteiger partial charge in [0, 0.05) is 16.6 Å². The Morgan fingerprint density at radius 1 is 0.789 bits per heavy atom. The van der Waals surface area contributed by atoms with Crippen LogP contribution in [-0.4, -0.2) is 15.0 Å². The minimum atomic E-state index is 0.0136. The van der Waals surface area contributed by atoms with E-state index in [1.807, 2.05) is 32.1 Å². The summed E-state index contributed by atoms with van der Waals surface area (Å²) in [6.45, 7) is 10.8. The number of nitrogens with zero attached hydrogens (tertiary/aromatic N) is 3. The van der Waals surface area contributed by atoms with Crippen molar-refractivity contribution in [2.24, 2.45) is 0 Å². The lowest BCUT2D eigenvalue weighted by molar-refractivity contribution is 0.683. The number of hydrogen-bond acceptors (Lipinski definition) is 3. The van der Waals surface area contributed by atoms with Crippen LogP contribution in [0.4, 0.5) is 0 Å². The summed E-state index contributed by atoms with van der Waals surface area (Å²) in [6, 6.07) is 24.2. The first kappa shape index (κ1) is 24.0. The number of allylic oxidation sites excluding steroid dienone is 6. The van der Waals surface area contributed by atoms with Crippen molar-refractivity contribution in [3.8, 4) is 22.5 Å². The van der Waals surface area contributed by atoms with Gasteiger partial charge >= 0.3 is 0 Å². The standard InChI is InChI=1S/C35H31N3/c1-6-12-23(7-2)33-36-21-37-34(38-33)32-28-15-10-8-13-26(28)31(27-14-9-11-16-29(27)32)24-17-18-25-22(3)20-35(4,5)30(25)19-24/h6-21H,1-5H3. The highest BCUT2D eigenvalue weighted by Crippen LogP contribution is 2.46. The van der Waals surface area contributed by atoms with Gasteiger partial charge in [-0.3, -0.25) is 0 Å². The van der Waals surface area contributed by atoms with Crippen molar-refractivity contribution in [1.82, 2.24) is 15.0 Å². The summed E-state index contributed by atoms with van der Waals surface area (Å²) >= 11 is 0. The summed E-state index contributed by atoms with van der Waals surface area (Å²) in [5, 5.41) is 4.67. The first-order valence-electron chi connectivity index (χ1n) is 13.2. The molecule has 0 fully saturated rings. The summed E-state index contributed by atoms with van der Waals surface area (Å²) in [5.41, 5.74) is 8.60. The van der Waals surface area contributed by atoms with Gasteiger partial charge in [-0.1, -0.05) is 98.8 Å². The quantitative estimate of drug-likeness (QED) is 0.185. The van der Waals surface area contributed by atoms with Gasteiger partial charge in [-0.25, -0.2) is 15.0 Å². The van der Waals surface area contributed by atoms with Crippen molar-refractivity contribution in [2.45, 2.75) is 40.0 Å². The number of hydrogen-bond donors (Lipinski definition) is 0. The second kappa shape index (κ2) is 9.18. The molecule has 186 valence electrons. The highest BCUT2D eigenvalue weighted by atomic mass is 15.0. The van der Waals surface area contributed by atoms with Crippen molar-refractivity contribution in [1.29, 1.82) is 0 Å². The summed E-state index contributed by atoms with van der Waals surface area (Å²) in [5.74, 6) is 1.37. The summed E-state index contributed by atoms with van der Waals surface area (Å²) in [7, 11) is 0. The molecular weight excluding hydrogens is 462 g/mol. The Morgan fingerprint density at radius 3 is 2.03 bits per heavy atom. The Morgan fingerprint density at radius 2 is 1.42 bits per heavy atom.